The van der Waals surface area contributed by atoms with Gasteiger partial charge in [0.25, 0.3) is 5.88 Å². The average Bonchev–Trinajstić information content (AvgIpc) is 2.80. The average molecular weight is 453 g/mol. The molecule has 0 aromatic carbocycles. The molecule has 0 aliphatic carbocycles. The smallest absolute Gasteiger partial charge is 0.414 e. The molecule has 0 bridgehead atoms. The van der Waals surface area contributed by atoms with E-state index < -0.39 is 18.0 Å². The van der Waals surface area contributed by atoms with Gasteiger partial charge in [-0.15, -0.1) is 0 Å². The van der Waals surface area contributed by atoms with E-state index in [0.717, 1.165) is 51.4 Å². The quantitative estimate of drug-likeness (QED) is 0.289. The Labute approximate surface area is 190 Å². The molecule has 0 radical (unpaired) electrons. The maximum absolute atomic E-state index is 12.2. The molecule has 1 aromatic heterocycles. The third-order valence-electron chi connectivity index (χ3n) is 4.58. The lowest BCUT2D eigenvalue weighted by Gasteiger charge is -2.11. The predicted molar refractivity (Wildman–Crippen MR) is 119 cm³/mol. The molecular formula is C23H36N2O7. The highest BCUT2D eigenvalue weighted by atomic mass is 16.6. The normalized spacial score (nSPS) is 10.3. The Bertz CT molecular complexity index is 710. The Kier molecular flexibility index (Phi) is 14.3. The highest BCUT2D eigenvalue weighted by molar-refractivity contribution is 5.89. The summed E-state index contributed by atoms with van der Waals surface area (Å²) in [6, 6.07) is 1.39. The summed E-state index contributed by atoms with van der Waals surface area (Å²) in [5.74, 6) is -1.11. The van der Waals surface area contributed by atoms with Crippen molar-refractivity contribution in [1.82, 2.24) is 10.3 Å². The molecule has 0 saturated heterocycles. The van der Waals surface area contributed by atoms with Crippen LogP contribution in [0.25, 0.3) is 0 Å². The van der Waals surface area contributed by atoms with E-state index in [1.807, 2.05) is 0 Å². The van der Waals surface area contributed by atoms with Gasteiger partial charge in [0, 0.05) is 12.3 Å². The maximum atomic E-state index is 12.2. The van der Waals surface area contributed by atoms with Gasteiger partial charge in [0.1, 0.15) is 6.54 Å². The molecule has 0 aliphatic rings. The molecule has 9 nitrogen and oxygen atoms in total. The van der Waals surface area contributed by atoms with E-state index >= 15 is 0 Å². The number of ether oxygens (including phenoxy) is 4. The lowest BCUT2D eigenvalue weighted by atomic mass is 10.2. The van der Waals surface area contributed by atoms with Crippen LogP contribution in [0, 0.1) is 0 Å². The number of nitrogens with one attached hydrogen (secondary N) is 1. The van der Waals surface area contributed by atoms with E-state index in [9.17, 15) is 14.4 Å². The maximum Gasteiger partial charge on any atom is 0.414 e. The summed E-state index contributed by atoms with van der Waals surface area (Å²) in [7, 11) is 1.36. The molecule has 1 rings (SSSR count). The molecule has 0 spiro atoms. The van der Waals surface area contributed by atoms with Crippen molar-refractivity contribution in [2.75, 3.05) is 26.9 Å². The summed E-state index contributed by atoms with van der Waals surface area (Å²) < 4.78 is 20.5. The standard InChI is InChI=1S/C23H36N2O7/c1-4-6-8-10-12-14-31-22(27)18-15-19(29-3)21(24-16-18)32-23(28)25-17-20(26)30-13-11-9-7-5-2/h15-16H,4-14,17H2,1-3H3,(H,25,28). The third-order valence-corrected chi connectivity index (χ3v) is 4.58. The number of unbranched alkanes of at least 4 members (excludes halogenated alkanes) is 7. The Morgan fingerprint density at radius 2 is 1.53 bits per heavy atom. The van der Waals surface area contributed by atoms with Crippen molar-refractivity contribution in [2.24, 2.45) is 0 Å². The number of rotatable bonds is 16. The van der Waals surface area contributed by atoms with Crippen LogP contribution < -0.4 is 14.8 Å². The van der Waals surface area contributed by atoms with Crippen LogP contribution in [0.15, 0.2) is 12.3 Å². The van der Waals surface area contributed by atoms with Gasteiger partial charge in [-0.3, -0.25) is 4.79 Å². The van der Waals surface area contributed by atoms with Crippen LogP contribution in [0.3, 0.4) is 0 Å². The lowest BCUT2D eigenvalue weighted by Crippen LogP contribution is -2.33. The number of methoxy groups -OCH3 is 1. The number of amides is 1. The fourth-order valence-electron chi connectivity index (χ4n) is 2.75. The molecule has 9 heteroatoms. The monoisotopic (exact) mass is 452 g/mol. The minimum Gasteiger partial charge on any atom is -0.491 e. The summed E-state index contributed by atoms with van der Waals surface area (Å²) in [5.41, 5.74) is 0.190. The second-order valence-corrected chi connectivity index (χ2v) is 7.31. The number of hydrogen-bond donors (Lipinski definition) is 1. The second kappa shape index (κ2) is 16.8. The summed E-state index contributed by atoms with van der Waals surface area (Å²) in [4.78, 5) is 39.7. The highest BCUT2D eigenvalue weighted by Gasteiger charge is 2.17. The van der Waals surface area contributed by atoms with E-state index in [1.54, 1.807) is 0 Å². The van der Waals surface area contributed by atoms with E-state index in [1.165, 1.54) is 25.8 Å². The van der Waals surface area contributed by atoms with Crippen molar-refractivity contribution in [3.8, 4) is 11.6 Å². The summed E-state index contributed by atoms with van der Waals surface area (Å²) in [6.45, 7) is 4.57. The molecule has 1 N–H and O–H groups in total. The lowest BCUT2D eigenvalue weighted by molar-refractivity contribution is -0.142. The Balaban J connectivity index is 2.43. The summed E-state index contributed by atoms with van der Waals surface area (Å²) in [6.07, 6.45) is 9.59. The van der Waals surface area contributed by atoms with Gasteiger partial charge in [0.2, 0.25) is 0 Å². The van der Waals surface area contributed by atoms with Crippen LogP contribution in [0.4, 0.5) is 4.79 Å². The van der Waals surface area contributed by atoms with Gasteiger partial charge in [0.15, 0.2) is 5.75 Å². The van der Waals surface area contributed by atoms with Crippen LogP contribution in [-0.4, -0.2) is 49.9 Å². The topological polar surface area (TPSA) is 113 Å². The number of nitrogens with zero attached hydrogens (tertiary/aromatic N) is 1. The predicted octanol–water partition coefficient (Wildman–Crippen LogP) is 4.43. The van der Waals surface area contributed by atoms with Crippen LogP contribution >= 0.6 is 0 Å². The third kappa shape index (κ3) is 11.5. The minimum absolute atomic E-state index is 0.0936. The van der Waals surface area contributed by atoms with Crippen molar-refractivity contribution >= 4 is 18.0 Å². The number of carbonyl (C=O) groups is 3. The molecule has 0 aliphatic heterocycles. The first kappa shape index (κ1) is 27.2. The summed E-state index contributed by atoms with van der Waals surface area (Å²) in [5, 5.41) is 2.30. The zero-order valence-corrected chi connectivity index (χ0v) is 19.4. The van der Waals surface area contributed by atoms with Crippen LogP contribution in [-0.2, 0) is 14.3 Å². The van der Waals surface area contributed by atoms with Gasteiger partial charge < -0.3 is 24.3 Å². The zero-order valence-electron chi connectivity index (χ0n) is 19.4. The van der Waals surface area contributed by atoms with Crippen molar-refractivity contribution in [2.45, 2.75) is 71.6 Å². The Morgan fingerprint density at radius 1 is 0.906 bits per heavy atom. The van der Waals surface area contributed by atoms with Gasteiger partial charge in [-0.05, 0) is 12.8 Å². The Hall–Kier alpha value is -2.84. The van der Waals surface area contributed by atoms with E-state index in [2.05, 4.69) is 24.1 Å². The SMILES string of the molecule is CCCCCCCOC(=O)c1cnc(OC(=O)NCC(=O)OCCCCCC)c(OC)c1. The molecule has 0 saturated carbocycles. The molecule has 32 heavy (non-hydrogen) atoms. The molecule has 1 aromatic rings. The fourth-order valence-corrected chi connectivity index (χ4v) is 2.75. The van der Waals surface area contributed by atoms with Crippen molar-refractivity contribution in [1.29, 1.82) is 0 Å². The van der Waals surface area contributed by atoms with Crippen LogP contribution in [0.2, 0.25) is 0 Å². The summed E-state index contributed by atoms with van der Waals surface area (Å²) >= 11 is 0. The van der Waals surface area contributed by atoms with Crippen molar-refractivity contribution in [3.63, 3.8) is 0 Å². The molecule has 0 fully saturated rings. The molecule has 1 amide bonds. The molecular weight excluding hydrogens is 416 g/mol. The first-order chi connectivity index (χ1) is 15.5. The molecule has 180 valence electrons. The van der Waals surface area contributed by atoms with Gasteiger partial charge in [0.05, 0.1) is 25.9 Å². The number of esters is 2. The van der Waals surface area contributed by atoms with E-state index in [0.29, 0.717) is 13.2 Å². The highest BCUT2D eigenvalue weighted by Crippen LogP contribution is 2.25. The van der Waals surface area contributed by atoms with Gasteiger partial charge in [-0.25, -0.2) is 14.6 Å². The number of aromatic nitrogens is 1. The van der Waals surface area contributed by atoms with Crippen molar-refractivity contribution in [3.05, 3.63) is 17.8 Å². The zero-order chi connectivity index (χ0) is 23.6. The van der Waals surface area contributed by atoms with Gasteiger partial charge in [-0.1, -0.05) is 58.8 Å². The van der Waals surface area contributed by atoms with Gasteiger partial charge in [-0.2, -0.15) is 0 Å². The van der Waals surface area contributed by atoms with E-state index in [4.69, 9.17) is 18.9 Å². The van der Waals surface area contributed by atoms with Crippen LogP contribution in [0.5, 0.6) is 11.6 Å². The molecule has 0 unspecified atom stereocenters. The number of pyridine rings is 1. The first-order valence-corrected chi connectivity index (χ1v) is 11.3. The molecule has 1 heterocycles. The van der Waals surface area contributed by atoms with Gasteiger partial charge >= 0.3 is 18.0 Å². The van der Waals surface area contributed by atoms with Crippen LogP contribution in [0.1, 0.15) is 82.0 Å². The Morgan fingerprint density at radius 3 is 2.19 bits per heavy atom. The van der Waals surface area contributed by atoms with Crippen molar-refractivity contribution < 1.29 is 33.3 Å². The number of hydrogen-bond acceptors (Lipinski definition) is 8. The first-order valence-electron chi connectivity index (χ1n) is 11.3. The fraction of sp³-hybridized carbons (Fsp3) is 0.652. The largest absolute Gasteiger partial charge is 0.491 e. The second-order valence-electron chi connectivity index (χ2n) is 7.31. The molecule has 0 atom stereocenters. The minimum atomic E-state index is -0.888. The van der Waals surface area contributed by atoms with E-state index in [-0.39, 0.29) is 23.7 Å². The number of carbonyl (C=O) groups excluding carboxylic acids is 3.